The lowest BCUT2D eigenvalue weighted by molar-refractivity contribution is -0.0499. The van der Waals surface area contributed by atoms with Crippen LogP contribution in [-0.4, -0.2) is 24.0 Å². The number of ether oxygens (including phenoxy) is 1. The van der Waals surface area contributed by atoms with Crippen molar-refractivity contribution in [2.75, 3.05) is 6.54 Å². The molecular formula is C18H14BrF2N3OS2. The van der Waals surface area contributed by atoms with Gasteiger partial charge in [0.05, 0.1) is 27.1 Å². The molecule has 0 aliphatic rings. The van der Waals surface area contributed by atoms with Crippen molar-refractivity contribution in [2.45, 2.75) is 6.61 Å². The lowest BCUT2D eigenvalue weighted by Crippen LogP contribution is -2.12. The van der Waals surface area contributed by atoms with Crippen LogP contribution in [0.1, 0.15) is 5.56 Å². The Morgan fingerprint density at radius 1 is 1.26 bits per heavy atom. The summed E-state index contributed by atoms with van der Waals surface area (Å²) in [5, 5.41) is 6.44. The normalized spacial score (nSPS) is 12.2. The Labute approximate surface area is 170 Å². The smallest absolute Gasteiger partial charge is 0.387 e. The average Bonchev–Trinajstić information content (AvgIpc) is 3.24. The summed E-state index contributed by atoms with van der Waals surface area (Å²) in [5.74, 6) is 0.0667. The minimum Gasteiger partial charge on any atom is -0.434 e. The molecule has 0 bridgehead atoms. The quantitative estimate of drug-likeness (QED) is 0.327. The van der Waals surface area contributed by atoms with Crippen LogP contribution in [0.5, 0.6) is 5.75 Å². The lowest BCUT2D eigenvalue weighted by atomic mass is 10.2. The molecule has 0 fully saturated rings. The van der Waals surface area contributed by atoms with Crippen LogP contribution in [0.15, 0.2) is 68.3 Å². The summed E-state index contributed by atoms with van der Waals surface area (Å²) >= 11 is 6.47. The number of hydrogen-bond acceptors (Lipinski definition) is 5. The molecule has 0 aliphatic heterocycles. The molecule has 3 aromatic rings. The Bertz CT molecular complexity index is 1020. The van der Waals surface area contributed by atoms with Crippen molar-refractivity contribution >= 4 is 44.8 Å². The predicted molar refractivity (Wildman–Crippen MR) is 110 cm³/mol. The van der Waals surface area contributed by atoms with Crippen LogP contribution in [0.4, 0.5) is 8.78 Å². The van der Waals surface area contributed by atoms with Crippen LogP contribution >= 0.6 is 38.6 Å². The standard InChI is InChI=1S/C18H14BrF2N3OS2/c1-2-9-22-18-24(13(11-26-18)15-7-8-16(19)27-15)23-10-12-5-3-4-6-14(12)25-17(20)21/h2-8,10-11,17H,1,9H2. The Morgan fingerprint density at radius 3 is 2.78 bits per heavy atom. The largest absolute Gasteiger partial charge is 0.434 e. The molecule has 2 aromatic heterocycles. The molecule has 4 nitrogen and oxygen atoms in total. The van der Waals surface area contributed by atoms with Crippen molar-refractivity contribution < 1.29 is 13.5 Å². The molecule has 0 amide bonds. The Balaban J connectivity index is 2.04. The van der Waals surface area contributed by atoms with Gasteiger partial charge in [0.2, 0.25) is 4.80 Å². The van der Waals surface area contributed by atoms with Gasteiger partial charge in [-0.3, -0.25) is 4.99 Å². The van der Waals surface area contributed by atoms with Gasteiger partial charge in [-0.15, -0.1) is 29.3 Å². The maximum absolute atomic E-state index is 12.6. The number of rotatable bonds is 7. The summed E-state index contributed by atoms with van der Waals surface area (Å²) in [7, 11) is 0. The monoisotopic (exact) mass is 469 g/mol. The molecule has 140 valence electrons. The third kappa shape index (κ3) is 5.00. The van der Waals surface area contributed by atoms with Gasteiger partial charge in [-0.2, -0.15) is 13.9 Å². The summed E-state index contributed by atoms with van der Waals surface area (Å²) in [5.41, 5.74) is 1.31. The fourth-order valence-electron chi connectivity index (χ4n) is 2.19. The molecular weight excluding hydrogens is 456 g/mol. The number of halogens is 3. The highest BCUT2D eigenvalue weighted by Crippen LogP contribution is 2.31. The summed E-state index contributed by atoms with van der Waals surface area (Å²) in [6.45, 7) is 1.23. The van der Waals surface area contributed by atoms with Gasteiger partial charge < -0.3 is 4.74 Å². The molecule has 2 heterocycles. The molecule has 0 spiro atoms. The van der Waals surface area contributed by atoms with Gasteiger partial charge in [0, 0.05) is 10.9 Å². The molecule has 3 rings (SSSR count). The first-order valence-electron chi connectivity index (χ1n) is 7.74. The van der Waals surface area contributed by atoms with Crippen LogP contribution in [-0.2, 0) is 0 Å². The second-order valence-electron chi connectivity index (χ2n) is 5.11. The minimum atomic E-state index is -2.90. The fourth-order valence-corrected chi connectivity index (χ4v) is 4.50. The van der Waals surface area contributed by atoms with E-state index in [1.165, 1.54) is 23.6 Å². The van der Waals surface area contributed by atoms with Crippen LogP contribution in [0, 0.1) is 0 Å². The highest BCUT2D eigenvalue weighted by atomic mass is 79.9. The minimum absolute atomic E-state index is 0.0667. The van der Waals surface area contributed by atoms with E-state index in [0.29, 0.717) is 16.9 Å². The number of alkyl halides is 2. The molecule has 0 aliphatic carbocycles. The molecule has 0 saturated heterocycles. The van der Waals surface area contributed by atoms with Gasteiger partial charge in [0.15, 0.2) is 0 Å². The van der Waals surface area contributed by atoms with Crippen LogP contribution in [0.25, 0.3) is 10.6 Å². The van der Waals surface area contributed by atoms with Crippen molar-refractivity contribution in [3.8, 4) is 16.3 Å². The lowest BCUT2D eigenvalue weighted by Gasteiger charge is -2.07. The van der Waals surface area contributed by atoms with Crippen molar-refractivity contribution in [3.05, 3.63) is 68.6 Å². The van der Waals surface area contributed by atoms with E-state index >= 15 is 0 Å². The summed E-state index contributed by atoms with van der Waals surface area (Å²) in [4.78, 5) is 6.14. The number of hydrogen-bond donors (Lipinski definition) is 0. The zero-order valence-electron chi connectivity index (χ0n) is 13.9. The highest BCUT2D eigenvalue weighted by molar-refractivity contribution is 9.11. The number of thiophene rings is 1. The zero-order valence-corrected chi connectivity index (χ0v) is 17.1. The molecule has 27 heavy (non-hydrogen) atoms. The van der Waals surface area contributed by atoms with Crippen molar-refractivity contribution in [3.63, 3.8) is 0 Å². The molecule has 0 atom stereocenters. The number of nitrogens with zero attached hydrogens (tertiary/aromatic N) is 3. The van der Waals surface area contributed by atoms with Gasteiger partial charge in [-0.25, -0.2) is 4.68 Å². The predicted octanol–water partition coefficient (Wildman–Crippen LogP) is 5.61. The van der Waals surface area contributed by atoms with Crippen LogP contribution < -0.4 is 9.54 Å². The van der Waals surface area contributed by atoms with Gasteiger partial charge in [0.25, 0.3) is 0 Å². The maximum Gasteiger partial charge on any atom is 0.387 e. The summed E-state index contributed by atoms with van der Waals surface area (Å²) < 4.78 is 32.5. The first-order valence-corrected chi connectivity index (χ1v) is 10.2. The first-order chi connectivity index (χ1) is 13.1. The molecule has 0 radical (unpaired) electrons. The van der Waals surface area contributed by atoms with E-state index in [0.717, 1.165) is 14.4 Å². The number of aromatic nitrogens is 1. The van der Waals surface area contributed by atoms with E-state index in [1.807, 2.05) is 17.5 Å². The average molecular weight is 470 g/mol. The van der Waals surface area contributed by atoms with E-state index < -0.39 is 6.61 Å². The third-order valence-corrected chi connectivity index (χ3v) is 5.81. The van der Waals surface area contributed by atoms with Gasteiger partial charge in [-0.05, 0) is 40.2 Å². The van der Waals surface area contributed by atoms with E-state index in [1.54, 1.807) is 40.3 Å². The van der Waals surface area contributed by atoms with E-state index in [9.17, 15) is 8.78 Å². The first kappa shape index (κ1) is 19.7. The van der Waals surface area contributed by atoms with Crippen LogP contribution in [0.2, 0.25) is 0 Å². The van der Waals surface area contributed by atoms with E-state index in [-0.39, 0.29) is 5.75 Å². The SMILES string of the molecule is C=CCN=c1scc(-c2ccc(Br)s2)n1N=Cc1ccccc1OC(F)F. The summed E-state index contributed by atoms with van der Waals surface area (Å²) in [6, 6.07) is 10.4. The zero-order chi connectivity index (χ0) is 19.2. The number of benzene rings is 1. The number of thiazole rings is 1. The topological polar surface area (TPSA) is 38.9 Å². The Hall–Kier alpha value is -2.10. The second kappa shape index (κ2) is 9.20. The van der Waals surface area contributed by atoms with Crippen molar-refractivity contribution in [1.82, 2.24) is 4.68 Å². The second-order valence-corrected chi connectivity index (χ2v) is 8.41. The Kier molecular flexibility index (Phi) is 6.70. The number of para-hydroxylation sites is 1. The van der Waals surface area contributed by atoms with Crippen molar-refractivity contribution in [1.29, 1.82) is 0 Å². The molecule has 0 unspecified atom stereocenters. The fraction of sp³-hybridized carbons (Fsp3) is 0.111. The molecule has 1 aromatic carbocycles. The van der Waals surface area contributed by atoms with Gasteiger partial charge in [-0.1, -0.05) is 18.2 Å². The molecule has 0 N–H and O–H groups in total. The van der Waals surface area contributed by atoms with Gasteiger partial charge in [0.1, 0.15) is 5.75 Å². The molecule has 9 heteroatoms. The van der Waals surface area contributed by atoms with Crippen LogP contribution in [0.3, 0.4) is 0 Å². The van der Waals surface area contributed by atoms with E-state index in [2.05, 4.69) is 37.3 Å². The van der Waals surface area contributed by atoms with Crippen molar-refractivity contribution in [2.24, 2.45) is 10.1 Å². The third-order valence-electron chi connectivity index (χ3n) is 3.31. The van der Waals surface area contributed by atoms with E-state index in [4.69, 9.17) is 0 Å². The Morgan fingerprint density at radius 2 is 2.07 bits per heavy atom. The molecule has 0 saturated carbocycles. The highest BCUT2D eigenvalue weighted by Gasteiger charge is 2.11. The summed E-state index contributed by atoms with van der Waals surface area (Å²) in [6.07, 6.45) is 3.18. The van der Waals surface area contributed by atoms with Gasteiger partial charge >= 0.3 is 6.61 Å². The maximum atomic E-state index is 12.6.